The summed E-state index contributed by atoms with van der Waals surface area (Å²) in [6, 6.07) is 14.9. The van der Waals surface area contributed by atoms with Crippen molar-refractivity contribution in [1.82, 2.24) is 4.90 Å². The number of benzene rings is 2. The quantitative estimate of drug-likeness (QED) is 0.819. The van der Waals surface area contributed by atoms with Gasteiger partial charge in [0.25, 0.3) is 0 Å². The van der Waals surface area contributed by atoms with E-state index in [0.29, 0.717) is 0 Å². The van der Waals surface area contributed by atoms with Crippen molar-refractivity contribution >= 4 is 5.69 Å². The molecule has 0 radical (unpaired) electrons. The third-order valence-electron chi connectivity index (χ3n) is 4.61. The molecule has 3 rings (SSSR count). The number of nitrogens with two attached hydrogens (primary N) is 2. The normalized spacial score (nSPS) is 17.0. The molecule has 1 saturated heterocycles. The van der Waals surface area contributed by atoms with E-state index in [9.17, 15) is 0 Å². The van der Waals surface area contributed by atoms with Crippen LogP contribution in [0.25, 0.3) is 0 Å². The Morgan fingerprint density at radius 1 is 1.08 bits per heavy atom. The first-order valence-electron chi connectivity index (χ1n) is 9.04. The monoisotopic (exact) mass is 341 g/mol. The molecule has 2 aromatic carbocycles. The Kier molecular flexibility index (Phi) is 7.29. The molecule has 4 heteroatoms. The second kappa shape index (κ2) is 9.44. The van der Waals surface area contributed by atoms with Gasteiger partial charge in [0.2, 0.25) is 0 Å². The Balaban J connectivity index is 0.00000109. The highest BCUT2D eigenvalue weighted by Crippen LogP contribution is 2.23. The van der Waals surface area contributed by atoms with Crippen molar-refractivity contribution in [1.29, 1.82) is 0 Å². The van der Waals surface area contributed by atoms with E-state index < -0.39 is 0 Å². The first-order valence-corrected chi connectivity index (χ1v) is 9.04. The summed E-state index contributed by atoms with van der Waals surface area (Å²) in [5, 5.41) is 0. The minimum Gasteiger partial charge on any atom is -0.489 e. The maximum Gasteiger partial charge on any atom is 0.120 e. The van der Waals surface area contributed by atoms with Crippen LogP contribution in [0, 0.1) is 6.92 Å². The van der Waals surface area contributed by atoms with Crippen LogP contribution in [0.1, 0.15) is 30.0 Å². The fourth-order valence-corrected chi connectivity index (χ4v) is 3.09. The average Bonchev–Trinajstić information content (AvgIpc) is 3.07. The predicted molar refractivity (Wildman–Crippen MR) is 106 cm³/mol. The zero-order chi connectivity index (χ0) is 18.2. The zero-order valence-electron chi connectivity index (χ0n) is 15.7. The molecular weight excluding hydrogens is 310 g/mol. The summed E-state index contributed by atoms with van der Waals surface area (Å²) in [5.74, 6) is 0.927. The number of anilines is 1. The van der Waals surface area contributed by atoms with Gasteiger partial charge in [-0.15, -0.1) is 0 Å². The molecule has 0 bridgehead atoms. The molecule has 4 nitrogen and oxygen atoms in total. The lowest BCUT2D eigenvalue weighted by Gasteiger charge is -2.17. The second-order valence-corrected chi connectivity index (χ2v) is 6.45. The molecule has 1 aliphatic rings. The number of hydrogen-bond donors (Lipinski definition) is 2. The van der Waals surface area contributed by atoms with Gasteiger partial charge >= 0.3 is 0 Å². The van der Waals surface area contributed by atoms with Crippen molar-refractivity contribution in [3.05, 3.63) is 59.2 Å². The van der Waals surface area contributed by atoms with Crippen LogP contribution in [0.15, 0.2) is 42.5 Å². The van der Waals surface area contributed by atoms with Gasteiger partial charge in [-0.25, -0.2) is 0 Å². The van der Waals surface area contributed by atoms with Gasteiger partial charge < -0.3 is 16.2 Å². The van der Waals surface area contributed by atoms with Crippen LogP contribution >= 0.6 is 0 Å². The van der Waals surface area contributed by atoms with E-state index in [4.69, 9.17) is 10.5 Å². The van der Waals surface area contributed by atoms with Crippen molar-refractivity contribution in [3.8, 4) is 5.75 Å². The smallest absolute Gasteiger partial charge is 0.120 e. The van der Waals surface area contributed by atoms with E-state index in [1.165, 1.54) is 18.2 Å². The molecule has 0 amide bonds. The summed E-state index contributed by atoms with van der Waals surface area (Å²) in [6.07, 6.45) is 2.45. The highest BCUT2D eigenvalue weighted by Gasteiger charge is 2.24. The van der Waals surface area contributed by atoms with Crippen LogP contribution in [-0.4, -0.2) is 31.1 Å². The molecule has 4 N–H and O–H groups in total. The molecule has 1 fully saturated rings. The van der Waals surface area contributed by atoms with Crippen molar-refractivity contribution < 1.29 is 4.74 Å². The number of aryl methyl sites for hydroxylation is 2. The molecule has 136 valence electrons. The number of likely N-dealkylation sites (tertiary alicyclic amines) is 1. The number of nitrogens with zero attached hydrogens (tertiary/aromatic N) is 1. The van der Waals surface area contributed by atoms with Crippen LogP contribution < -0.4 is 16.2 Å². The predicted octanol–water partition coefficient (Wildman–Crippen LogP) is 3.37. The van der Waals surface area contributed by atoms with Gasteiger partial charge in [-0.1, -0.05) is 31.2 Å². The van der Waals surface area contributed by atoms with E-state index >= 15 is 0 Å². The van der Waals surface area contributed by atoms with Gasteiger partial charge in [0, 0.05) is 25.3 Å². The van der Waals surface area contributed by atoms with Gasteiger partial charge in [0.05, 0.1) is 0 Å². The molecule has 1 aliphatic heterocycles. The minimum atomic E-state index is 0.271. The Labute approximate surface area is 151 Å². The fourth-order valence-electron chi connectivity index (χ4n) is 3.09. The zero-order valence-corrected chi connectivity index (χ0v) is 15.7. The van der Waals surface area contributed by atoms with Gasteiger partial charge in [0.15, 0.2) is 0 Å². The molecule has 1 heterocycles. The van der Waals surface area contributed by atoms with E-state index in [1.54, 1.807) is 0 Å². The van der Waals surface area contributed by atoms with E-state index in [2.05, 4.69) is 41.8 Å². The maximum absolute atomic E-state index is 6.12. The number of rotatable bonds is 5. The summed E-state index contributed by atoms with van der Waals surface area (Å²) >= 11 is 0. The molecule has 2 aromatic rings. The summed E-state index contributed by atoms with van der Waals surface area (Å²) in [4.78, 5) is 2.47. The summed E-state index contributed by atoms with van der Waals surface area (Å²) in [7, 11) is 1.50. The first kappa shape index (κ1) is 19.3. The topological polar surface area (TPSA) is 64.5 Å². The van der Waals surface area contributed by atoms with E-state index in [-0.39, 0.29) is 6.10 Å². The molecule has 0 spiro atoms. The Morgan fingerprint density at radius 2 is 1.76 bits per heavy atom. The van der Waals surface area contributed by atoms with Crippen LogP contribution in [0.5, 0.6) is 5.75 Å². The molecular formula is C21H31N3O. The van der Waals surface area contributed by atoms with Crippen molar-refractivity contribution in [2.45, 2.75) is 39.3 Å². The second-order valence-electron chi connectivity index (χ2n) is 6.45. The largest absolute Gasteiger partial charge is 0.489 e. The van der Waals surface area contributed by atoms with Crippen LogP contribution in [-0.2, 0) is 13.0 Å². The Morgan fingerprint density at radius 3 is 2.40 bits per heavy atom. The fraction of sp³-hybridized carbons (Fsp3) is 0.429. The molecule has 0 aliphatic carbocycles. The van der Waals surface area contributed by atoms with Crippen LogP contribution in [0.2, 0.25) is 0 Å². The highest BCUT2D eigenvalue weighted by molar-refractivity contribution is 5.49. The maximum atomic E-state index is 6.12. The summed E-state index contributed by atoms with van der Waals surface area (Å²) in [5.41, 5.74) is 15.0. The van der Waals surface area contributed by atoms with Gasteiger partial charge in [-0.3, -0.25) is 4.90 Å². The van der Waals surface area contributed by atoms with Gasteiger partial charge in [0.1, 0.15) is 11.9 Å². The summed E-state index contributed by atoms with van der Waals surface area (Å²) < 4.78 is 6.12. The molecule has 0 saturated carbocycles. The van der Waals surface area contributed by atoms with Crippen molar-refractivity contribution in [2.24, 2.45) is 5.73 Å². The molecule has 25 heavy (non-hydrogen) atoms. The first-order chi connectivity index (χ1) is 12.1. The van der Waals surface area contributed by atoms with E-state index in [0.717, 1.165) is 49.5 Å². The SMILES string of the molecule is CCc1ccc(CN2CCC(Oc3ccc(N)c(C)c3)C2)cc1.CN. The van der Waals surface area contributed by atoms with Crippen molar-refractivity contribution in [3.63, 3.8) is 0 Å². The van der Waals surface area contributed by atoms with E-state index in [1.807, 2.05) is 25.1 Å². The lowest BCUT2D eigenvalue weighted by molar-refractivity contribution is 0.198. The minimum absolute atomic E-state index is 0.271. The van der Waals surface area contributed by atoms with Gasteiger partial charge in [-0.2, -0.15) is 0 Å². The standard InChI is InChI=1S/C20H26N2O.CH5N/c1-3-16-4-6-17(7-5-16)13-22-11-10-19(14-22)23-18-8-9-20(21)15(2)12-18;1-2/h4-9,12,19H,3,10-11,13-14,21H2,1-2H3;2H2,1H3. The lowest BCUT2D eigenvalue weighted by atomic mass is 10.1. The molecule has 1 atom stereocenters. The number of hydrogen-bond acceptors (Lipinski definition) is 4. The Hall–Kier alpha value is -2.04. The number of ether oxygens (including phenoxy) is 1. The average molecular weight is 341 g/mol. The number of nitrogen functional groups attached to an aromatic ring is 1. The van der Waals surface area contributed by atoms with Gasteiger partial charge in [-0.05, 0) is 61.7 Å². The Bertz CT molecular complexity index is 655. The van der Waals surface area contributed by atoms with Crippen LogP contribution in [0.3, 0.4) is 0 Å². The molecule has 0 aromatic heterocycles. The summed E-state index contributed by atoms with van der Waals surface area (Å²) in [6.45, 7) is 7.29. The third kappa shape index (κ3) is 5.48. The highest BCUT2D eigenvalue weighted by atomic mass is 16.5. The molecule has 1 unspecified atom stereocenters. The van der Waals surface area contributed by atoms with Crippen LogP contribution in [0.4, 0.5) is 5.69 Å². The van der Waals surface area contributed by atoms with Crippen molar-refractivity contribution in [2.75, 3.05) is 25.9 Å². The lowest BCUT2D eigenvalue weighted by Crippen LogP contribution is -2.24. The third-order valence-corrected chi connectivity index (χ3v) is 4.61.